The number of benzene rings is 1. The molecule has 0 amide bonds. The van der Waals surface area contributed by atoms with Crippen LogP contribution in [0.15, 0.2) is 18.2 Å². The molecular formula is C14H20FNO2. The van der Waals surface area contributed by atoms with Crippen LogP contribution in [-0.2, 0) is 4.74 Å². The largest absolute Gasteiger partial charge is 0.465 e. The van der Waals surface area contributed by atoms with E-state index in [1.165, 1.54) is 19.2 Å². The number of hydrogen-bond acceptors (Lipinski definition) is 3. The van der Waals surface area contributed by atoms with Crippen molar-refractivity contribution >= 4 is 11.7 Å². The number of halogens is 1. The van der Waals surface area contributed by atoms with Gasteiger partial charge in [-0.2, -0.15) is 0 Å². The Labute approximate surface area is 107 Å². The molecule has 1 rings (SSSR count). The summed E-state index contributed by atoms with van der Waals surface area (Å²) in [6, 6.07) is 4.34. The molecule has 0 radical (unpaired) electrons. The average molecular weight is 253 g/mol. The van der Waals surface area contributed by atoms with Gasteiger partial charge >= 0.3 is 5.97 Å². The Hall–Kier alpha value is -1.58. The lowest BCUT2D eigenvalue weighted by Gasteiger charge is -2.17. The van der Waals surface area contributed by atoms with Gasteiger partial charge in [0, 0.05) is 11.7 Å². The molecule has 1 unspecified atom stereocenters. The Morgan fingerprint density at radius 2 is 2.22 bits per heavy atom. The molecule has 4 heteroatoms. The van der Waals surface area contributed by atoms with Crippen LogP contribution >= 0.6 is 0 Å². The average Bonchev–Trinajstić information content (AvgIpc) is 2.37. The highest BCUT2D eigenvalue weighted by molar-refractivity contribution is 5.95. The van der Waals surface area contributed by atoms with E-state index in [-0.39, 0.29) is 11.6 Å². The van der Waals surface area contributed by atoms with Crippen LogP contribution in [0.4, 0.5) is 10.1 Å². The highest BCUT2D eigenvalue weighted by atomic mass is 19.1. The van der Waals surface area contributed by atoms with Crippen LogP contribution in [0.3, 0.4) is 0 Å². The van der Waals surface area contributed by atoms with Crippen LogP contribution in [-0.4, -0.2) is 19.1 Å². The van der Waals surface area contributed by atoms with Gasteiger partial charge in [-0.1, -0.05) is 19.8 Å². The molecular weight excluding hydrogens is 233 g/mol. The van der Waals surface area contributed by atoms with Crippen molar-refractivity contribution in [3.63, 3.8) is 0 Å². The minimum atomic E-state index is -0.528. The van der Waals surface area contributed by atoms with Gasteiger partial charge in [0.15, 0.2) is 0 Å². The summed E-state index contributed by atoms with van der Waals surface area (Å²) in [7, 11) is 1.29. The normalized spacial score (nSPS) is 12.0. The van der Waals surface area contributed by atoms with Gasteiger partial charge in [-0.25, -0.2) is 9.18 Å². The molecule has 18 heavy (non-hydrogen) atoms. The number of carbonyl (C=O) groups is 1. The van der Waals surface area contributed by atoms with E-state index in [0.29, 0.717) is 5.69 Å². The zero-order valence-corrected chi connectivity index (χ0v) is 11.1. The van der Waals surface area contributed by atoms with E-state index in [2.05, 4.69) is 17.0 Å². The first-order chi connectivity index (χ1) is 8.58. The molecule has 1 N–H and O–H groups in total. The van der Waals surface area contributed by atoms with Crippen LogP contribution in [0.5, 0.6) is 0 Å². The van der Waals surface area contributed by atoms with E-state index in [9.17, 15) is 9.18 Å². The van der Waals surface area contributed by atoms with Crippen molar-refractivity contribution in [2.75, 3.05) is 12.4 Å². The second-order valence-electron chi connectivity index (χ2n) is 4.37. The van der Waals surface area contributed by atoms with E-state index < -0.39 is 11.8 Å². The van der Waals surface area contributed by atoms with Gasteiger partial charge in [0.25, 0.3) is 0 Å². The summed E-state index contributed by atoms with van der Waals surface area (Å²) < 4.78 is 17.8. The third-order valence-corrected chi connectivity index (χ3v) is 2.78. The first kappa shape index (κ1) is 14.5. The number of rotatable bonds is 6. The van der Waals surface area contributed by atoms with E-state index in [1.54, 1.807) is 6.07 Å². The molecule has 0 fully saturated rings. The molecule has 3 nitrogen and oxygen atoms in total. The summed E-state index contributed by atoms with van der Waals surface area (Å²) in [4.78, 5) is 11.6. The molecule has 0 aliphatic carbocycles. The van der Waals surface area contributed by atoms with Crippen LogP contribution < -0.4 is 5.32 Å². The maximum atomic E-state index is 13.1. The van der Waals surface area contributed by atoms with Crippen molar-refractivity contribution in [1.29, 1.82) is 0 Å². The third-order valence-electron chi connectivity index (χ3n) is 2.78. The Balaban J connectivity index is 2.84. The van der Waals surface area contributed by atoms with Crippen molar-refractivity contribution in [3.8, 4) is 0 Å². The fourth-order valence-electron chi connectivity index (χ4n) is 1.77. The summed E-state index contributed by atoms with van der Waals surface area (Å²) in [5.41, 5.74) is 0.854. The van der Waals surface area contributed by atoms with E-state index in [0.717, 1.165) is 19.3 Å². The summed E-state index contributed by atoms with van der Waals surface area (Å²) in [6.45, 7) is 4.17. The van der Waals surface area contributed by atoms with Crippen LogP contribution in [0.1, 0.15) is 43.5 Å². The van der Waals surface area contributed by atoms with Crippen molar-refractivity contribution in [1.82, 2.24) is 0 Å². The first-order valence-corrected chi connectivity index (χ1v) is 6.22. The zero-order valence-electron chi connectivity index (χ0n) is 11.1. The van der Waals surface area contributed by atoms with Gasteiger partial charge in [-0.05, 0) is 31.5 Å². The van der Waals surface area contributed by atoms with E-state index >= 15 is 0 Å². The number of carbonyl (C=O) groups excluding carboxylic acids is 1. The molecule has 0 aliphatic rings. The van der Waals surface area contributed by atoms with Gasteiger partial charge in [-0.15, -0.1) is 0 Å². The lowest BCUT2D eigenvalue weighted by atomic mass is 10.1. The minimum Gasteiger partial charge on any atom is -0.465 e. The van der Waals surface area contributed by atoms with Gasteiger partial charge in [0.2, 0.25) is 0 Å². The molecule has 1 aromatic rings. The number of esters is 1. The summed E-state index contributed by atoms with van der Waals surface area (Å²) >= 11 is 0. The molecule has 0 spiro atoms. The van der Waals surface area contributed by atoms with Crippen LogP contribution in [0, 0.1) is 5.82 Å². The summed E-state index contributed by atoms with van der Waals surface area (Å²) in [5, 5.41) is 3.22. The molecule has 0 aliphatic heterocycles. The van der Waals surface area contributed by atoms with Gasteiger partial charge in [0.05, 0.1) is 12.7 Å². The van der Waals surface area contributed by atoms with E-state index in [1.807, 2.05) is 6.92 Å². The number of nitrogens with one attached hydrogen (secondary N) is 1. The molecule has 0 aromatic heterocycles. The second-order valence-corrected chi connectivity index (χ2v) is 4.37. The smallest absolute Gasteiger partial charge is 0.340 e. The quantitative estimate of drug-likeness (QED) is 0.787. The number of anilines is 1. The molecule has 0 saturated carbocycles. The van der Waals surface area contributed by atoms with Crippen LogP contribution in [0.2, 0.25) is 0 Å². The van der Waals surface area contributed by atoms with Crippen molar-refractivity contribution in [2.24, 2.45) is 0 Å². The van der Waals surface area contributed by atoms with E-state index in [4.69, 9.17) is 0 Å². The fourth-order valence-corrected chi connectivity index (χ4v) is 1.77. The summed E-state index contributed by atoms with van der Waals surface area (Å²) in [6.07, 6.45) is 3.25. The van der Waals surface area contributed by atoms with Gasteiger partial charge < -0.3 is 10.1 Å². The predicted octanol–water partition coefficient (Wildman–Crippen LogP) is 3.60. The Kier molecular flexibility index (Phi) is 5.62. The SMILES string of the molecule is CCCCC(C)Nc1ccc(F)cc1C(=O)OC. The lowest BCUT2D eigenvalue weighted by molar-refractivity contribution is 0.0601. The molecule has 1 aromatic carbocycles. The van der Waals surface area contributed by atoms with Crippen molar-refractivity contribution in [3.05, 3.63) is 29.6 Å². The maximum Gasteiger partial charge on any atom is 0.340 e. The first-order valence-electron chi connectivity index (χ1n) is 6.22. The molecule has 1 atom stereocenters. The summed E-state index contributed by atoms with van der Waals surface area (Å²) in [5.74, 6) is -0.971. The molecule has 0 saturated heterocycles. The monoisotopic (exact) mass is 253 g/mol. The standard InChI is InChI=1S/C14H20FNO2/c1-4-5-6-10(2)16-13-8-7-11(15)9-12(13)14(17)18-3/h7-10,16H,4-6H2,1-3H3. The Morgan fingerprint density at radius 3 is 2.83 bits per heavy atom. The Bertz CT molecular complexity index is 407. The molecule has 0 heterocycles. The van der Waals surface area contributed by atoms with Crippen molar-refractivity contribution < 1.29 is 13.9 Å². The number of unbranched alkanes of at least 4 members (excludes halogenated alkanes) is 1. The van der Waals surface area contributed by atoms with Gasteiger partial charge in [0.1, 0.15) is 5.82 Å². The maximum absolute atomic E-state index is 13.1. The third kappa shape index (κ3) is 4.02. The second kappa shape index (κ2) is 6.99. The lowest BCUT2D eigenvalue weighted by Crippen LogP contribution is -2.17. The molecule has 0 bridgehead atoms. The number of methoxy groups -OCH3 is 1. The fraction of sp³-hybridized carbons (Fsp3) is 0.500. The zero-order chi connectivity index (χ0) is 13.5. The van der Waals surface area contributed by atoms with Crippen LogP contribution in [0.25, 0.3) is 0 Å². The predicted molar refractivity (Wildman–Crippen MR) is 70.3 cm³/mol. The van der Waals surface area contributed by atoms with Gasteiger partial charge in [-0.3, -0.25) is 0 Å². The number of hydrogen-bond donors (Lipinski definition) is 1. The molecule has 100 valence electrons. The minimum absolute atomic E-state index is 0.235. The topological polar surface area (TPSA) is 38.3 Å². The highest BCUT2D eigenvalue weighted by Gasteiger charge is 2.14. The highest BCUT2D eigenvalue weighted by Crippen LogP contribution is 2.20. The Morgan fingerprint density at radius 1 is 1.50 bits per heavy atom. The number of ether oxygens (including phenoxy) is 1. The van der Waals surface area contributed by atoms with Crippen molar-refractivity contribution in [2.45, 2.75) is 39.2 Å².